The summed E-state index contributed by atoms with van der Waals surface area (Å²) in [5.41, 5.74) is 1.29. The molecule has 110 valence electrons. The van der Waals surface area contributed by atoms with Gasteiger partial charge in [0.2, 0.25) is 0 Å². The summed E-state index contributed by atoms with van der Waals surface area (Å²) in [7, 11) is 1.62. The predicted molar refractivity (Wildman–Crippen MR) is 80.3 cm³/mol. The van der Waals surface area contributed by atoms with Crippen LogP contribution in [0.3, 0.4) is 0 Å². The molecule has 5 nitrogen and oxygen atoms in total. The van der Waals surface area contributed by atoms with E-state index in [0.717, 1.165) is 22.1 Å². The van der Waals surface area contributed by atoms with E-state index in [1.165, 1.54) is 0 Å². The van der Waals surface area contributed by atoms with Crippen LogP contribution in [-0.2, 0) is 4.79 Å². The molecule has 2 rings (SSSR count). The number of aliphatic carboxylic acids is 1. The van der Waals surface area contributed by atoms with Gasteiger partial charge in [-0.3, -0.25) is 4.79 Å². The monoisotopic (exact) mass is 287 g/mol. The SMILES string of the molecule is COc1ccc2cc(/C(CCCC(=O)O)=N/O)ccc2c1. The third-order valence-electron chi connectivity index (χ3n) is 3.31. The molecule has 0 saturated heterocycles. The van der Waals surface area contributed by atoms with Gasteiger partial charge in [0.05, 0.1) is 12.8 Å². The lowest BCUT2D eigenvalue weighted by Gasteiger charge is -2.07. The number of methoxy groups -OCH3 is 1. The molecule has 0 aliphatic carbocycles. The van der Waals surface area contributed by atoms with Crippen LogP contribution in [0.4, 0.5) is 0 Å². The Kier molecular flexibility index (Phi) is 4.77. The number of hydrogen-bond donors (Lipinski definition) is 2. The summed E-state index contributed by atoms with van der Waals surface area (Å²) in [4.78, 5) is 10.5. The lowest BCUT2D eigenvalue weighted by Crippen LogP contribution is -2.03. The van der Waals surface area contributed by atoms with Crippen LogP contribution in [0, 0.1) is 0 Å². The molecule has 2 aromatic carbocycles. The Morgan fingerprint density at radius 3 is 2.52 bits per heavy atom. The molecule has 21 heavy (non-hydrogen) atoms. The predicted octanol–water partition coefficient (Wildman–Crippen LogP) is 3.28. The number of hydrogen-bond acceptors (Lipinski definition) is 4. The van der Waals surface area contributed by atoms with E-state index in [-0.39, 0.29) is 6.42 Å². The van der Waals surface area contributed by atoms with E-state index in [0.29, 0.717) is 18.6 Å². The minimum Gasteiger partial charge on any atom is -0.497 e. The average molecular weight is 287 g/mol. The summed E-state index contributed by atoms with van der Waals surface area (Å²) >= 11 is 0. The highest BCUT2D eigenvalue weighted by Crippen LogP contribution is 2.22. The molecular formula is C16H17NO4. The summed E-state index contributed by atoms with van der Waals surface area (Å²) in [6.45, 7) is 0. The largest absolute Gasteiger partial charge is 0.497 e. The zero-order valence-electron chi connectivity index (χ0n) is 11.7. The van der Waals surface area contributed by atoms with Gasteiger partial charge in [-0.15, -0.1) is 0 Å². The van der Waals surface area contributed by atoms with E-state index in [4.69, 9.17) is 15.1 Å². The summed E-state index contributed by atoms with van der Waals surface area (Å²) in [6, 6.07) is 11.4. The number of oxime groups is 1. The molecule has 0 aromatic heterocycles. The van der Waals surface area contributed by atoms with Crippen molar-refractivity contribution in [1.29, 1.82) is 0 Å². The molecule has 0 aliphatic rings. The van der Waals surface area contributed by atoms with Gasteiger partial charge in [0, 0.05) is 6.42 Å². The van der Waals surface area contributed by atoms with Crippen LogP contribution >= 0.6 is 0 Å². The van der Waals surface area contributed by atoms with Gasteiger partial charge in [0.25, 0.3) is 0 Å². The number of ether oxygens (including phenoxy) is 1. The van der Waals surface area contributed by atoms with Crippen LogP contribution < -0.4 is 4.74 Å². The number of benzene rings is 2. The first-order chi connectivity index (χ1) is 10.1. The minimum atomic E-state index is -0.849. The van der Waals surface area contributed by atoms with Crippen molar-refractivity contribution in [1.82, 2.24) is 0 Å². The topological polar surface area (TPSA) is 79.1 Å². The third-order valence-corrected chi connectivity index (χ3v) is 3.31. The number of nitrogens with zero attached hydrogens (tertiary/aromatic N) is 1. The Morgan fingerprint density at radius 2 is 1.86 bits per heavy atom. The second-order valence-corrected chi connectivity index (χ2v) is 4.72. The maximum Gasteiger partial charge on any atom is 0.303 e. The molecule has 5 heteroatoms. The Labute approximate surface area is 122 Å². The Bertz CT molecular complexity index is 679. The zero-order valence-corrected chi connectivity index (χ0v) is 11.7. The minimum absolute atomic E-state index is 0.0593. The number of carbonyl (C=O) groups is 1. The second kappa shape index (κ2) is 6.74. The van der Waals surface area contributed by atoms with Gasteiger partial charge in [-0.1, -0.05) is 23.4 Å². The number of fused-ring (bicyclic) bond motifs is 1. The highest BCUT2D eigenvalue weighted by Gasteiger charge is 2.07. The highest BCUT2D eigenvalue weighted by atomic mass is 16.5. The van der Waals surface area contributed by atoms with Gasteiger partial charge in [-0.25, -0.2) is 0 Å². The molecule has 0 atom stereocenters. The van der Waals surface area contributed by atoms with Crippen LogP contribution in [0.2, 0.25) is 0 Å². The lowest BCUT2D eigenvalue weighted by atomic mass is 10.0. The fourth-order valence-corrected chi connectivity index (χ4v) is 2.19. The molecule has 2 N–H and O–H groups in total. The molecule has 0 spiro atoms. The van der Waals surface area contributed by atoms with Gasteiger partial charge in [0.1, 0.15) is 5.75 Å². The van der Waals surface area contributed by atoms with E-state index in [1.807, 2.05) is 36.4 Å². The van der Waals surface area contributed by atoms with E-state index in [2.05, 4.69) is 5.16 Å². The molecule has 0 amide bonds. The van der Waals surface area contributed by atoms with Crippen LogP contribution in [0.15, 0.2) is 41.6 Å². The van der Waals surface area contributed by atoms with E-state index in [1.54, 1.807) is 7.11 Å². The van der Waals surface area contributed by atoms with Gasteiger partial charge < -0.3 is 15.1 Å². The molecular weight excluding hydrogens is 270 g/mol. The Balaban J connectivity index is 2.22. The highest BCUT2D eigenvalue weighted by molar-refractivity contribution is 6.03. The first-order valence-corrected chi connectivity index (χ1v) is 6.65. The standard InChI is InChI=1S/C16H17NO4/c1-21-14-8-7-11-9-13(6-5-12(11)10-14)15(17-20)3-2-4-16(18)19/h5-10,20H,2-4H2,1H3,(H,18,19)/b17-15+. The van der Waals surface area contributed by atoms with Crippen molar-refractivity contribution in [2.45, 2.75) is 19.3 Å². The fraction of sp³-hybridized carbons (Fsp3) is 0.250. The smallest absolute Gasteiger partial charge is 0.303 e. The maximum absolute atomic E-state index is 10.5. The summed E-state index contributed by atoms with van der Waals surface area (Å²) in [5.74, 6) is -0.0642. The first kappa shape index (κ1) is 14.8. The average Bonchev–Trinajstić information content (AvgIpc) is 2.50. The van der Waals surface area contributed by atoms with Gasteiger partial charge in [-0.2, -0.15) is 0 Å². The van der Waals surface area contributed by atoms with Gasteiger partial charge in [0.15, 0.2) is 0 Å². The molecule has 0 aliphatic heterocycles. The second-order valence-electron chi connectivity index (χ2n) is 4.72. The van der Waals surface area contributed by atoms with Crippen molar-refractivity contribution in [3.63, 3.8) is 0 Å². The molecule has 0 bridgehead atoms. The number of carboxylic acids is 1. The van der Waals surface area contributed by atoms with Crippen molar-refractivity contribution < 1.29 is 19.8 Å². The Morgan fingerprint density at radius 1 is 1.14 bits per heavy atom. The Hall–Kier alpha value is -2.56. The fourth-order valence-electron chi connectivity index (χ4n) is 2.19. The summed E-state index contributed by atoms with van der Waals surface area (Å²) in [6.07, 6.45) is 0.920. The molecule has 0 radical (unpaired) electrons. The van der Waals surface area contributed by atoms with Crippen molar-refractivity contribution in [3.8, 4) is 5.75 Å². The maximum atomic E-state index is 10.5. The van der Waals surface area contributed by atoms with Crippen LogP contribution in [0.1, 0.15) is 24.8 Å². The van der Waals surface area contributed by atoms with Crippen molar-refractivity contribution in [3.05, 3.63) is 42.0 Å². The van der Waals surface area contributed by atoms with Crippen LogP contribution in [0.25, 0.3) is 10.8 Å². The summed E-state index contributed by atoms with van der Waals surface area (Å²) < 4.78 is 5.18. The van der Waals surface area contributed by atoms with Crippen molar-refractivity contribution in [2.75, 3.05) is 7.11 Å². The molecule has 2 aromatic rings. The van der Waals surface area contributed by atoms with Gasteiger partial charge in [-0.05, 0) is 47.4 Å². The van der Waals surface area contributed by atoms with Crippen molar-refractivity contribution >= 4 is 22.5 Å². The van der Waals surface area contributed by atoms with Gasteiger partial charge >= 0.3 is 5.97 Å². The zero-order chi connectivity index (χ0) is 15.2. The number of rotatable bonds is 6. The van der Waals surface area contributed by atoms with Crippen LogP contribution in [-0.4, -0.2) is 29.1 Å². The molecule has 0 heterocycles. The first-order valence-electron chi connectivity index (χ1n) is 6.65. The van der Waals surface area contributed by atoms with E-state index >= 15 is 0 Å². The molecule has 0 unspecified atom stereocenters. The lowest BCUT2D eigenvalue weighted by molar-refractivity contribution is -0.137. The summed E-state index contributed by atoms with van der Waals surface area (Å²) in [5, 5.41) is 23.1. The molecule has 0 saturated carbocycles. The number of carboxylic acid groups (broad SMARTS) is 1. The normalized spacial score (nSPS) is 11.6. The van der Waals surface area contributed by atoms with E-state index < -0.39 is 5.97 Å². The third kappa shape index (κ3) is 3.72. The molecule has 0 fully saturated rings. The van der Waals surface area contributed by atoms with Crippen molar-refractivity contribution in [2.24, 2.45) is 5.16 Å². The van der Waals surface area contributed by atoms with Crippen LogP contribution in [0.5, 0.6) is 5.75 Å². The van der Waals surface area contributed by atoms with E-state index in [9.17, 15) is 4.79 Å². The quantitative estimate of drug-likeness (QED) is 0.485.